The summed E-state index contributed by atoms with van der Waals surface area (Å²) in [6.45, 7) is -1.12. The zero-order chi connectivity index (χ0) is 16.9. The van der Waals surface area contributed by atoms with E-state index in [-0.39, 0.29) is 0 Å². The van der Waals surface area contributed by atoms with Crippen molar-refractivity contribution in [3.63, 3.8) is 0 Å². The van der Waals surface area contributed by atoms with E-state index in [0.29, 0.717) is 0 Å². The molecule has 0 heterocycles. The lowest BCUT2D eigenvalue weighted by Crippen LogP contribution is -2.41. The molecule has 0 aliphatic heterocycles. The molecule has 0 bridgehead atoms. The van der Waals surface area contributed by atoms with Gasteiger partial charge in [-0.2, -0.15) is 26.3 Å². The second-order valence-electron chi connectivity index (χ2n) is 5.14. The summed E-state index contributed by atoms with van der Waals surface area (Å²) in [6, 6.07) is 0. The Hall–Kier alpha value is -0.580. The van der Waals surface area contributed by atoms with Gasteiger partial charge in [-0.05, 0) is 20.8 Å². The van der Waals surface area contributed by atoms with Crippen LogP contribution in [-0.4, -0.2) is 50.9 Å². The molecule has 21 heavy (non-hydrogen) atoms. The van der Waals surface area contributed by atoms with Crippen molar-refractivity contribution in [2.75, 3.05) is 26.9 Å². The standard InChI is InChI=1S/C11H18F6O4/c1-8(2,3)21-11(16,17)7-20-10(14,15)6-19-9(12,13)5-18-4/h5-7H2,1-4H3. The van der Waals surface area contributed by atoms with E-state index in [2.05, 4.69) is 18.9 Å². The molecule has 0 fully saturated rings. The Bertz CT molecular complexity index is 316. The van der Waals surface area contributed by atoms with Gasteiger partial charge in [0.05, 0.1) is 5.60 Å². The predicted molar refractivity (Wildman–Crippen MR) is 59.5 cm³/mol. The molecule has 0 saturated carbocycles. The Morgan fingerprint density at radius 3 is 1.43 bits per heavy atom. The van der Waals surface area contributed by atoms with Crippen LogP contribution in [0.4, 0.5) is 26.3 Å². The van der Waals surface area contributed by atoms with Crippen molar-refractivity contribution in [3.8, 4) is 0 Å². The highest BCUT2D eigenvalue weighted by Crippen LogP contribution is 2.28. The highest BCUT2D eigenvalue weighted by Gasteiger charge is 2.43. The Kier molecular flexibility index (Phi) is 6.92. The fourth-order valence-electron chi connectivity index (χ4n) is 1.11. The third-order valence-electron chi connectivity index (χ3n) is 1.67. The van der Waals surface area contributed by atoms with E-state index in [1.807, 2.05) is 0 Å². The van der Waals surface area contributed by atoms with Gasteiger partial charge in [-0.15, -0.1) is 0 Å². The summed E-state index contributed by atoms with van der Waals surface area (Å²) in [7, 11) is 0.913. The lowest BCUT2D eigenvalue weighted by Gasteiger charge is -2.28. The highest BCUT2D eigenvalue weighted by molar-refractivity contribution is 4.65. The van der Waals surface area contributed by atoms with Crippen molar-refractivity contribution < 1.29 is 45.3 Å². The van der Waals surface area contributed by atoms with Gasteiger partial charge in [0.2, 0.25) is 0 Å². The molecule has 0 spiro atoms. The van der Waals surface area contributed by atoms with Crippen LogP contribution in [0.5, 0.6) is 0 Å². The minimum absolute atomic E-state index is 0.913. The Balaban J connectivity index is 4.36. The van der Waals surface area contributed by atoms with Crippen LogP contribution in [0.15, 0.2) is 0 Å². The number of ether oxygens (including phenoxy) is 4. The fraction of sp³-hybridized carbons (Fsp3) is 1.00. The summed E-state index contributed by atoms with van der Waals surface area (Å²) >= 11 is 0. The van der Waals surface area contributed by atoms with Gasteiger partial charge in [0, 0.05) is 7.11 Å². The molecule has 10 heteroatoms. The van der Waals surface area contributed by atoms with E-state index in [1.165, 1.54) is 20.8 Å². The van der Waals surface area contributed by atoms with Crippen LogP contribution in [0, 0.1) is 0 Å². The smallest absolute Gasteiger partial charge is 0.376 e. The topological polar surface area (TPSA) is 36.9 Å². The van der Waals surface area contributed by atoms with E-state index >= 15 is 0 Å². The minimum atomic E-state index is -4.33. The second-order valence-corrected chi connectivity index (χ2v) is 5.14. The molecular weight excluding hydrogens is 310 g/mol. The maximum absolute atomic E-state index is 13.2. The van der Waals surface area contributed by atoms with Crippen molar-refractivity contribution >= 4 is 0 Å². The molecule has 0 amide bonds. The SMILES string of the molecule is COCC(F)(F)OCC(F)(F)OCC(F)(F)OC(C)(C)C. The van der Waals surface area contributed by atoms with E-state index in [0.717, 1.165) is 7.11 Å². The molecule has 0 aliphatic carbocycles. The van der Waals surface area contributed by atoms with Crippen molar-refractivity contribution in [1.82, 2.24) is 0 Å². The van der Waals surface area contributed by atoms with Gasteiger partial charge in [0.25, 0.3) is 0 Å². The summed E-state index contributed by atoms with van der Waals surface area (Å²) in [4.78, 5) is 0. The monoisotopic (exact) mass is 328 g/mol. The zero-order valence-electron chi connectivity index (χ0n) is 12.0. The average Bonchev–Trinajstić information content (AvgIpc) is 2.21. The van der Waals surface area contributed by atoms with Crippen LogP contribution in [0.1, 0.15) is 20.8 Å². The van der Waals surface area contributed by atoms with E-state index in [9.17, 15) is 26.3 Å². The van der Waals surface area contributed by atoms with Gasteiger partial charge in [-0.3, -0.25) is 0 Å². The third-order valence-corrected chi connectivity index (χ3v) is 1.67. The molecule has 0 unspecified atom stereocenters. The van der Waals surface area contributed by atoms with Gasteiger partial charge in [-0.1, -0.05) is 0 Å². The summed E-state index contributed by atoms with van der Waals surface area (Å²) < 4.78 is 93.3. The number of rotatable bonds is 9. The Morgan fingerprint density at radius 1 is 0.667 bits per heavy atom. The normalized spacial score (nSPS) is 14.6. The first-order valence-electron chi connectivity index (χ1n) is 5.79. The van der Waals surface area contributed by atoms with Gasteiger partial charge in [-0.25, -0.2) is 0 Å². The van der Waals surface area contributed by atoms with Crippen LogP contribution in [0.3, 0.4) is 0 Å². The number of halogens is 6. The quantitative estimate of drug-likeness (QED) is 0.609. The first kappa shape index (κ1) is 20.4. The molecule has 0 saturated heterocycles. The van der Waals surface area contributed by atoms with Crippen LogP contribution < -0.4 is 0 Å². The van der Waals surface area contributed by atoms with Crippen LogP contribution in [0.2, 0.25) is 0 Å². The fourth-order valence-corrected chi connectivity index (χ4v) is 1.11. The summed E-state index contributed by atoms with van der Waals surface area (Å²) in [5.41, 5.74) is -1.30. The zero-order valence-corrected chi connectivity index (χ0v) is 12.0. The van der Waals surface area contributed by atoms with E-state index < -0.39 is 43.7 Å². The first-order chi connectivity index (χ1) is 9.18. The van der Waals surface area contributed by atoms with Gasteiger partial charge in [0.15, 0.2) is 0 Å². The number of alkyl halides is 6. The van der Waals surface area contributed by atoms with Crippen LogP contribution in [-0.2, 0) is 18.9 Å². The molecule has 4 nitrogen and oxygen atoms in total. The van der Waals surface area contributed by atoms with Crippen molar-refractivity contribution in [3.05, 3.63) is 0 Å². The van der Waals surface area contributed by atoms with Gasteiger partial charge in [0.1, 0.15) is 19.8 Å². The van der Waals surface area contributed by atoms with Crippen LogP contribution in [0.25, 0.3) is 0 Å². The summed E-state index contributed by atoms with van der Waals surface area (Å²) in [5, 5.41) is 0. The number of hydrogen-bond acceptors (Lipinski definition) is 4. The molecule has 0 rings (SSSR count). The minimum Gasteiger partial charge on any atom is -0.376 e. The molecular formula is C11H18F6O4. The third kappa shape index (κ3) is 10.7. The molecule has 0 aromatic heterocycles. The maximum Gasteiger partial charge on any atom is 0.379 e. The van der Waals surface area contributed by atoms with Crippen molar-refractivity contribution in [2.45, 2.75) is 44.7 Å². The Morgan fingerprint density at radius 2 is 1.05 bits per heavy atom. The van der Waals surface area contributed by atoms with E-state index in [1.54, 1.807) is 0 Å². The second kappa shape index (κ2) is 7.12. The first-order valence-corrected chi connectivity index (χ1v) is 5.79. The van der Waals surface area contributed by atoms with Crippen molar-refractivity contribution in [1.29, 1.82) is 0 Å². The molecule has 0 atom stereocenters. The highest BCUT2D eigenvalue weighted by atomic mass is 19.3. The molecule has 128 valence electrons. The lowest BCUT2D eigenvalue weighted by atomic mass is 10.2. The summed E-state index contributed by atoms with van der Waals surface area (Å²) in [5.74, 6) is 0. The maximum atomic E-state index is 13.2. The van der Waals surface area contributed by atoms with Crippen molar-refractivity contribution in [2.24, 2.45) is 0 Å². The average molecular weight is 328 g/mol. The molecule has 0 N–H and O–H groups in total. The Labute approximate surface area is 118 Å². The number of hydrogen-bond donors (Lipinski definition) is 0. The lowest BCUT2D eigenvalue weighted by molar-refractivity contribution is -0.368. The predicted octanol–water partition coefficient (Wildman–Crippen LogP) is 3.26. The number of methoxy groups -OCH3 is 1. The van der Waals surface area contributed by atoms with Gasteiger partial charge >= 0.3 is 18.3 Å². The van der Waals surface area contributed by atoms with Crippen LogP contribution >= 0.6 is 0 Å². The largest absolute Gasteiger partial charge is 0.379 e. The summed E-state index contributed by atoms with van der Waals surface area (Å²) in [6.07, 6.45) is -12.3. The van der Waals surface area contributed by atoms with E-state index in [4.69, 9.17) is 0 Å². The van der Waals surface area contributed by atoms with Gasteiger partial charge < -0.3 is 18.9 Å². The molecule has 0 aliphatic rings. The molecule has 0 radical (unpaired) electrons. The molecule has 0 aromatic rings. The molecule has 0 aromatic carbocycles.